The number of benzene rings is 1. The number of carbonyl (C=O) groups is 1. The number of amides is 1. The first-order chi connectivity index (χ1) is 17.6. The molecule has 0 bridgehead atoms. The van der Waals surface area contributed by atoms with Crippen LogP contribution in [0.4, 0.5) is 11.5 Å². The SMILES string of the molecule is CCc1c(C#N)c(SCc2ccc(NS(C)(=O)=O)cc2)nc(N2CCC(NC(=O)[C@@H](C)N)CC2)c1C#N. The number of aromatic nitrogens is 1. The van der Waals surface area contributed by atoms with Gasteiger partial charge in [-0.1, -0.05) is 19.1 Å². The molecule has 1 aliphatic heterocycles. The number of anilines is 2. The molecule has 0 saturated carbocycles. The molecular weight excluding hydrogens is 510 g/mol. The molecule has 0 radical (unpaired) electrons. The molecule has 0 unspecified atom stereocenters. The second kappa shape index (κ2) is 12.3. The van der Waals surface area contributed by atoms with E-state index in [0.717, 1.165) is 11.8 Å². The molecule has 1 aliphatic rings. The van der Waals surface area contributed by atoms with E-state index in [4.69, 9.17) is 10.7 Å². The number of nitrogens with zero attached hydrogens (tertiary/aromatic N) is 4. The van der Waals surface area contributed by atoms with Gasteiger partial charge in [0.2, 0.25) is 15.9 Å². The van der Waals surface area contributed by atoms with Crippen molar-refractivity contribution < 1.29 is 13.2 Å². The summed E-state index contributed by atoms with van der Waals surface area (Å²) in [6.45, 7) is 4.79. The van der Waals surface area contributed by atoms with Gasteiger partial charge in [-0.05, 0) is 49.4 Å². The van der Waals surface area contributed by atoms with Crippen LogP contribution in [0.15, 0.2) is 29.3 Å². The Balaban J connectivity index is 1.83. The molecule has 196 valence electrons. The highest BCUT2D eigenvalue weighted by molar-refractivity contribution is 7.98. The van der Waals surface area contributed by atoms with Crippen molar-refractivity contribution >= 4 is 39.2 Å². The molecule has 1 atom stereocenters. The highest BCUT2D eigenvalue weighted by Gasteiger charge is 2.27. The van der Waals surface area contributed by atoms with E-state index < -0.39 is 16.1 Å². The highest BCUT2D eigenvalue weighted by atomic mass is 32.2. The number of pyridine rings is 1. The third-order valence-electron chi connectivity index (χ3n) is 6.01. The van der Waals surface area contributed by atoms with Crippen LogP contribution in [0.5, 0.6) is 0 Å². The predicted octanol–water partition coefficient (Wildman–Crippen LogP) is 2.48. The summed E-state index contributed by atoms with van der Waals surface area (Å²) < 4.78 is 25.3. The molecule has 37 heavy (non-hydrogen) atoms. The molecule has 0 aliphatic carbocycles. The van der Waals surface area contributed by atoms with E-state index in [2.05, 4.69) is 22.2 Å². The minimum Gasteiger partial charge on any atom is -0.355 e. The van der Waals surface area contributed by atoms with Gasteiger partial charge < -0.3 is 16.0 Å². The van der Waals surface area contributed by atoms with E-state index in [9.17, 15) is 23.7 Å². The number of hydrogen-bond acceptors (Lipinski definition) is 9. The Morgan fingerprint density at radius 3 is 2.35 bits per heavy atom. The Labute approximate surface area is 222 Å². The molecule has 10 nitrogen and oxygen atoms in total. The number of nitriles is 2. The Kier molecular flexibility index (Phi) is 9.38. The summed E-state index contributed by atoms with van der Waals surface area (Å²) in [4.78, 5) is 18.8. The average Bonchev–Trinajstić information content (AvgIpc) is 2.86. The Morgan fingerprint density at radius 1 is 1.22 bits per heavy atom. The smallest absolute Gasteiger partial charge is 0.236 e. The number of nitrogens with two attached hydrogens (primary N) is 1. The Hall–Kier alpha value is -3.32. The van der Waals surface area contributed by atoms with Crippen molar-refractivity contribution in [2.75, 3.05) is 29.0 Å². The largest absolute Gasteiger partial charge is 0.355 e. The molecule has 1 aromatic heterocycles. The summed E-state index contributed by atoms with van der Waals surface area (Å²) in [5, 5.41) is 23.4. The molecule has 1 fully saturated rings. The monoisotopic (exact) mass is 541 g/mol. The predicted molar refractivity (Wildman–Crippen MR) is 145 cm³/mol. The van der Waals surface area contributed by atoms with Crippen molar-refractivity contribution in [3.05, 3.63) is 46.5 Å². The van der Waals surface area contributed by atoms with Crippen LogP contribution in [0.2, 0.25) is 0 Å². The summed E-state index contributed by atoms with van der Waals surface area (Å²) in [5.74, 6) is 0.894. The number of carbonyl (C=O) groups excluding carboxylic acids is 1. The lowest BCUT2D eigenvalue weighted by Gasteiger charge is -2.34. The molecule has 1 aromatic carbocycles. The number of rotatable bonds is 9. The summed E-state index contributed by atoms with van der Waals surface area (Å²) >= 11 is 1.40. The van der Waals surface area contributed by atoms with Crippen LogP contribution in [0.1, 0.15) is 48.9 Å². The van der Waals surface area contributed by atoms with Gasteiger partial charge in [-0.15, -0.1) is 11.8 Å². The standard InChI is InChI=1S/C25H31N7O3S2/c1-4-20-21(13-26)23(32-11-9-18(10-12-32)29-24(33)16(2)28)30-25(22(20)14-27)36-15-17-5-7-19(8-6-17)31-37(3,34)35/h5-8,16,18,31H,4,9-12,15,28H2,1-3H3,(H,29,33)/t16-/m1/s1. The third kappa shape index (κ3) is 7.35. The van der Waals surface area contributed by atoms with Gasteiger partial charge >= 0.3 is 0 Å². The van der Waals surface area contributed by atoms with Crippen LogP contribution in [0.25, 0.3) is 0 Å². The van der Waals surface area contributed by atoms with Crippen LogP contribution in [-0.2, 0) is 27.0 Å². The number of nitrogens with one attached hydrogen (secondary N) is 2. The van der Waals surface area contributed by atoms with E-state index >= 15 is 0 Å². The summed E-state index contributed by atoms with van der Waals surface area (Å²) in [6.07, 6.45) is 3.01. The van der Waals surface area contributed by atoms with Crippen molar-refractivity contribution in [1.82, 2.24) is 10.3 Å². The number of sulfonamides is 1. The van der Waals surface area contributed by atoms with Gasteiger partial charge in [-0.3, -0.25) is 9.52 Å². The van der Waals surface area contributed by atoms with Crippen molar-refractivity contribution in [3.63, 3.8) is 0 Å². The molecule has 2 aromatic rings. The van der Waals surface area contributed by atoms with E-state index in [0.29, 0.717) is 71.3 Å². The van der Waals surface area contributed by atoms with Crippen LogP contribution in [0, 0.1) is 22.7 Å². The van der Waals surface area contributed by atoms with Crippen LogP contribution in [-0.4, -0.2) is 50.7 Å². The Morgan fingerprint density at radius 2 is 1.84 bits per heavy atom. The summed E-state index contributed by atoms with van der Waals surface area (Å²) in [5.41, 5.74) is 8.57. The highest BCUT2D eigenvalue weighted by Crippen LogP contribution is 2.34. The maximum absolute atomic E-state index is 12.0. The van der Waals surface area contributed by atoms with Crippen molar-refractivity contribution in [2.45, 2.75) is 56.0 Å². The average molecular weight is 542 g/mol. The maximum atomic E-state index is 12.0. The first-order valence-electron chi connectivity index (χ1n) is 11.9. The molecule has 12 heteroatoms. The molecule has 0 spiro atoms. The van der Waals surface area contributed by atoms with Crippen LogP contribution >= 0.6 is 11.8 Å². The van der Waals surface area contributed by atoms with Crippen LogP contribution in [0.3, 0.4) is 0 Å². The van der Waals surface area contributed by atoms with Crippen LogP contribution < -0.4 is 20.7 Å². The van der Waals surface area contributed by atoms with E-state index in [-0.39, 0.29) is 11.9 Å². The van der Waals surface area contributed by atoms with Gasteiger partial charge in [-0.2, -0.15) is 10.5 Å². The summed E-state index contributed by atoms with van der Waals surface area (Å²) in [7, 11) is -3.36. The van der Waals surface area contributed by atoms with E-state index in [1.54, 1.807) is 19.1 Å². The molecular formula is C25H31N7O3S2. The lowest BCUT2D eigenvalue weighted by molar-refractivity contribution is -0.122. The van der Waals surface area contributed by atoms with Crippen molar-refractivity contribution in [2.24, 2.45) is 5.73 Å². The minimum atomic E-state index is -3.36. The van der Waals surface area contributed by atoms with Crippen molar-refractivity contribution in [3.8, 4) is 12.1 Å². The fourth-order valence-electron chi connectivity index (χ4n) is 4.12. The molecule has 3 rings (SSSR count). The topological polar surface area (TPSA) is 165 Å². The quantitative estimate of drug-likeness (QED) is 0.404. The first kappa shape index (κ1) is 28.3. The first-order valence-corrected chi connectivity index (χ1v) is 14.8. The second-order valence-electron chi connectivity index (χ2n) is 8.96. The molecule has 1 amide bonds. The third-order valence-corrected chi connectivity index (χ3v) is 7.67. The maximum Gasteiger partial charge on any atom is 0.236 e. The zero-order valence-electron chi connectivity index (χ0n) is 21.1. The van der Waals surface area contributed by atoms with Gasteiger partial charge in [0, 0.05) is 30.6 Å². The lowest BCUT2D eigenvalue weighted by atomic mass is 9.99. The molecule has 1 saturated heterocycles. The normalized spacial score (nSPS) is 14.9. The number of thioether (sulfide) groups is 1. The number of hydrogen-bond donors (Lipinski definition) is 3. The second-order valence-corrected chi connectivity index (χ2v) is 11.7. The Bertz CT molecular complexity index is 1320. The molecule has 4 N–H and O–H groups in total. The minimum absolute atomic E-state index is 0.0123. The zero-order chi connectivity index (χ0) is 27.2. The van der Waals surface area contributed by atoms with Gasteiger partial charge in [-0.25, -0.2) is 13.4 Å². The molecule has 2 heterocycles. The summed E-state index contributed by atoms with van der Waals surface area (Å²) in [6, 6.07) is 11.0. The zero-order valence-corrected chi connectivity index (χ0v) is 22.7. The number of piperidine rings is 1. The van der Waals surface area contributed by atoms with Gasteiger partial charge in [0.15, 0.2) is 0 Å². The van der Waals surface area contributed by atoms with E-state index in [1.165, 1.54) is 11.8 Å². The fourth-order valence-corrected chi connectivity index (χ4v) is 5.64. The van der Waals surface area contributed by atoms with Gasteiger partial charge in [0.05, 0.1) is 23.4 Å². The van der Waals surface area contributed by atoms with E-state index in [1.807, 2.05) is 24.0 Å². The van der Waals surface area contributed by atoms with Gasteiger partial charge in [0.25, 0.3) is 0 Å². The van der Waals surface area contributed by atoms with Crippen molar-refractivity contribution in [1.29, 1.82) is 10.5 Å². The van der Waals surface area contributed by atoms with Gasteiger partial charge in [0.1, 0.15) is 23.0 Å². The fraction of sp³-hybridized carbons (Fsp3) is 0.440. The lowest BCUT2D eigenvalue weighted by Crippen LogP contribution is -2.49.